The van der Waals surface area contributed by atoms with Crippen molar-refractivity contribution in [2.75, 3.05) is 18.1 Å². The van der Waals surface area contributed by atoms with Gasteiger partial charge in [-0.25, -0.2) is 8.42 Å². The van der Waals surface area contributed by atoms with Crippen molar-refractivity contribution < 1.29 is 21.6 Å². The minimum absolute atomic E-state index is 0.101. The summed E-state index contributed by atoms with van der Waals surface area (Å²) in [7, 11) is -5.92. The molecule has 1 N–H and O–H groups in total. The Morgan fingerprint density at radius 1 is 0.971 bits per heavy atom. The number of rotatable bonds is 7. The van der Waals surface area contributed by atoms with E-state index in [-0.39, 0.29) is 4.90 Å². The third kappa shape index (κ3) is 4.92. The van der Waals surface area contributed by atoms with E-state index in [0.717, 1.165) is 21.8 Å². The Kier molecular flexibility index (Phi) is 6.37. The van der Waals surface area contributed by atoms with E-state index in [1.807, 2.05) is 31.2 Å². The van der Waals surface area contributed by atoms with Crippen molar-refractivity contribution in [1.29, 1.82) is 0 Å². The normalized spacial score (nSPS) is 16.3. The van der Waals surface area contributed by atoms with Gasteiger partial charge >= 0.3 is 0 Å². The maximum Gasteiger partial charge on any atom is 0.279 e. The van der Waals surface area contributed by atoms with Crippen LogP contribution in [-0.4, -0.2) is 40.3 Å². The Morgan fingerprint density at radius 2 is 1.68 bits per heavy atom. The molecule has 1 aliphatic rings. The zero-order chi connectivity index (χ0) is 24.5. The topological polar surface area (TPSA) is 105 Å². The number of aryl methyl sites for hydroxylation is 1. The second kappa shape index (κ2) is 9.11. The highest BCUT2D eigenvalue weighted by Gasteiger charge is 2.38. The summed E-state index contributed by atoms with van der Waals surface area (Å²) in [6.45, 7) is 1.93. The van der Waals surface area contributed by atoms with Crippen molar-refractivity contribution in [3.05, 3.63) is 89.5 Å². The predicted octanol–water partition coefficient (Wildman–Crippen LogP) is 3.92. The number of hydrazone groups is 1. The summed E-state index contributed by atoms with van der Waals surface area (Å²) in [5.74, 6) is 0.551. The first-order valence-electron chi connectivity index (χ1n) is 10.5. The molecule has 10 heteroatoms. The molecule has 0 saturated heterocycles. The third-order valence-corrected chi connectivity index (χ3v) is 7.83. The zero-order valence-electron chi connectivity index (χ0n) is 19.0. The molecule has 0 spiro atoms. The monoisotopic (exact) mass is 499 g/mol. The fourth-order valence-corrected chi connectivity index (χ4v) is 5.89. The molecule has 0 aliphatic carbocycles. The molecule has 4 rings (SSSR count). The molecule has 0 bridgehead atoms. The first-order chi connectivity index (χ1) is 16.1. The Bertz CT molecular complexity index is 1450. The van der Waals surface area contributed by atoms with Crippen LogP contribution in [0.4, 0.5) is 5.69 Å². The molecule has 34 heavy (non-hydrogen) atoms. The Balaban J connectivity index is 1.79. The largest absolute Gasteiger partial charge is 0.497 e. The predicted molar refractivity (Wildman–Crippen MR) is 132 cm³/mol. The van der Waals surface area contributed by atoms with Gasteiger partial charge in [0.15, 0.2) is 0 Å². The van der Waals surface area contributed by atoms with Crippen LogP contribution in [-0.2, 0) is 20.0 Å². The molecule has 0 aromatic heterocycles. The van der Waals surface area contributed by atoms with Crippen LogP contribution in [0.2, 0.25) is 0 Å². The van der Waals surface area contributed by atoms with Gasteiger partial charge in [0.25, 0.3) is 10.0 Å². The van der Waals surface area contributed by atoms with Gasteiger partial charge in [-0.05, 0) is 60.0 Å². The summed E-state index contributed by atoms with van der Waals surface area (Å²) in [5.41, 5.74) is 3.36. The summed E-state index contributed by atoms with van der Waals surface area (Å²) >= 11 is 0. The highest BCUT2D eigenvalue weighted by molar-refractivity contribution is 7.92. The van der Waals surface area contributed by atoms with E-state index >= 15 is 0 Å². The fraction of sp³-hybridized carbons (Fsp3) is 0.208. The van der Waals surface area contributed by atoms with Crippen LogP contribution in [0.25, 0.3) is 0 Å². The summed E-state index contributed by atoms with van der Waals surface area (Å²) in [4.78, 5) is 0.101. The lowest BCUT2D eigenvalue weighted by Gasteiger charge is -2.24. The number of nitrogens with zero attached hydrogens (tertiary/aromatic N) is 2. The SMILES string of the molecule is COc1ccc(S(=O)(=O)N2N=C(c3cccc(NS(C)(=O)=O)c3)C[C@@H]2c2ccccc2C)cc1. The maximum atomic E-state index is 13.6. The second-order valence-corrected chi connectivity index (χ2v) is 11.6. The van der Waals surface area contributed by atoms with E-state index < -0.39 is 26.1 Å². The molecule has 0 unspecified atom stereocenters. The van der Waals surface area contributed by atoms with Gasteiger partial charge in [0.05, 0.1) is 30.0 Å². The zero-order valence-corrected chi connectivity index (χ0v) is 20.6. The van der Waals surface area contributed by atoms with E-state index in [0.29, 0.717) is 29.1 Å². The number of benzene rings is 3. The smallest absolute Gasteiger partial charge is 0.279 e. The minimum atomic E-state index is -3.98. The molecule has 1 aliphatic heterocycles. The van der Waals surface area contributed by atoms with Crippen molar-refractivity contribution >= 4 is 31.4 Å². The summed E-state index contributed by atoms with van der Waals surface area (Å²) < 4.78 is 59.4. The third-order valence-electron chi connectivity index (χ3n) is 5.52. The van der Waals surface area contributed by atoms with Gasteiger partial charge in [-0.1, -0.05) is 36.4 Å². The Morgan fingerprint density at radius 3 is 2.32 bits per heavy atom. The molecule has 0 radical (unpaired) electrons. The maximum absolute atomic E-state index is 13.6. The highest BCUT2D eigenvalue weighted by atomic mass is 32.2. The van der Waals surface area contributed by atoms with Gasteiger partial charge in [0.1, 0.15) is 5.75 Å². The molecule has 8 nitrogen and oxygen atoms in total. The van der Waals surface area contributed by atoms with Crippen LogP contribution in [0.1, 0.15) is 29.2 Å². The fourth-order valence-electron chi connectivity index (χ4n) is 3.91. The van der Waals surface area contributed by atoms with Crippen LogP contribution in [0.15, 0.2) is 82.8 Å². The van der Waals surface area contributed by atoms with Crippen LogP contribution in [0.5, 0.6) is 5.75 Å². The highest BCUT2D eigenvalue weighted by Crippen LogP contribution is 2.38. The number of nitrogens with one attached hydrogen (secondary N) is 1. The number of ether oxygens (including phenoxy) is 1. The molecule has 3 aromatic rings. The average Bonchev–Trinajstić information content (AvgIpc) is 3.25. The van der Waals surface area contributed by atoms with Crippen LogP contribution in [0, 0.1) is 6.92 Å². The van der Waals surface area contributed by atoms with E-state index in [9.17, 15) is 16.8 Å². The van der Waals surface area contributed by atoms with Crippen molar-refractivity contribution in [3.63, 3.8) is 0 Å². The van der Waals surface area contributed by atoms with Gasteiger partial charge < -0.3 is 4.74 Å². The van der Waals surface area contributed by atoms with E-state index in [1.165, 1.54) is 19.2 Å². The minimum Gasteiger partial charge on any atom is -0.497 e. The van der Waals surface area contributed by atoms with E-state index in [4.69, 9.17) is 4.74 Å². The standard InChI is InChI=1S/C24H25N3O5S2/c1-17-7-4-5-10-22(17)24-16-23(18-8-6-9-19(15-18)26-33(3,28)29)25-27(24)34(30,31)21-13-11-20(32-2)12-14-21/h4-15,24,26H,16H2,1-3H3/t24-/m1/s1. The lowest BCUT2D eigenvalue weighted by Crippen LogP contribution is -2.27. The van der Waals surface area contributed by atoms with E-state index in [1.54, 1.807) is 36.4 Å². The number of sulfonamides is 2. The van der Waals surface area contributed by atoms with Crippen molar-refractivity contribution in [1.82, 2.24) is 4.41 Å². The number of hydrogen-bond donors (Lipinski definition) is 1. The molecule has 0 amide bonds. The molecule has 178 valence electrons. The average molecular weight is 500 g/mol. The first-order valence-corrected chi connectivity index (χ1v) is 13.8. The summed E-state index contributed by atoms with van der Waals surface area (Å²) in [6, 6.07) is 20.0. The molecule has 0 fully saturated rings. The van der Waals surface area contributed by atoms with Crippen LogP contribution < -0.4 is 9.46 Å². The summed E-state index contributed by atoms with van der Waals surface area (Å²) in [6.07, 6.45) is 1.41. The van der Waals surface area contributed by atoms with Gasteiger partial charge in [0.2, 0.25) is 10.0 Å². The van der Waals surface area contributed by atoms with Gasteiger partial charge in [-0.15, -0.1) is 0 Å². The van der Waals surface area contributed by atoms with Gasteiger partial charge in [-0.2, -0.15) is 17.9 Å². The molecule has 3 aromatic carbocycles. The van der Waals surface area contributed by atoms with E-state index in [2.05, 4.69) is 9.82 Å². The number of hydrogen-bond acceptors (Lipinski definition) is 6. The molecular weight excluding hydrogens is 474 g/mol. The van der Waals surface area contributed by atoms with Gasteiger partial charge in [-0.3, -0.25) is 4.72 Å². The first kappa shape index (κ1) is 23.8. The lowest BCUT2D eigenvalue weighted by molar-refractivity contribution is 0.370. The van der Waals surface area contributed by atoms with Gasteiger partial charge in [0, 0.05) is 12.1 Å². The second-order valence-electron chi connectivity index (χ2n) is 8.03. The van der Waals surface area contributed by atoms with Crippen molar-refractivity contribution in [2.24, 2.45) is 5.10 Å². The van der Waals surface area contributed by atoms with Crippen molar-refractivity contribution in [3.8, 4) is 5.75 Å². The molecule has 1 atom stereocenters. The molecule has 1 heterocycles. The number of methoxy groups -OCH3 is 1. The quantitative estimate of drug-likeness (QED) is 0.531. The summed E-state index contributed by atoms with van der Waals surface area (Å²) in [5, 5.41) is 4.54. The Labute approximate surface area is 200 Å². The lowest BCUT2D eigenvalue weighted by atomic mass is 9.96. The van der Waals surface area contributed by atoms with Crippen LogP contribution >= 0.6 is 0 Å². The number of anilines is 1. The Hall–Kier alpha value is -3.37. The molecular formula is C24H25N3O5S2. The van der Waals surface area contributed by atoms with Crippen molar-refractivity contribution in [2.45, 2.75) is 24.3 Å². The van der Waals surface area contributed by atoms with Crippen LogP contribution in [0.3, 0.4) is 0 Å². The molecule has 0 saturated carbocycles.